The lowest BCUT2D eigenvalue weighted by molar-refractivity contribution is 0.113. The van der Waals surface area contributed by atoms with E-state index in [1.54, 1.807) is 6.07 Å². The second-order valence-electron chi connectivity index (χ2n) is 7.82. The van der Waals surface area contributed by atoms with Gasteiger partial charge in [0.15, 0.2) is 0 Å². The van der Waals surface area contributed by atoms with Crippen molar-refractivity contribution in [2.75, 3.05) is 0 Å². The molecule has 0 aliphatic heterocycles. The highest BCUT2D eigenvalue weighted by atomic mass is 19.1. The first-order valence-electron chi connectivity index (χ1n) is 9.51. The van der Waals surface area contributed by atoms with Gasteiger partial charge in [-0.3, -0.25) is 0 Å². The Hall–Kier alpha value is -1.43. The van der Waals surface area contributed by atoms with Crippen LogP contribution >= 0.6 is 0 Å². The predicted molar refractivity (Wildman–Crippen MR) is 91.5 cm³/mol. The van der Waals surface area contributed by atoms with E-state index < -0.39 is 17.2 Å². The van der Waals surface area contributed by atoms with E-state index in [1.807, 2.05) is 0 Å². The third kappa shape index (κ3) is 3.63. The molecule has 0 spiro atoms. The molecule has 1 aromatic carbocycles. The molecule has 130 valence electrons. The van der Waals surface area contributed by atoms with Crippen molar-refractivity contribution in [3.05, 3.63) is 34.9 Å². The molecule has 0 saturated heterocycles. The lowest BCUT2D eigenvalue weighted by atomic mass is 9.63. The van der Waals surface area contributed by atoms with Crippen LogP contribution in [0.3, 0.4) is 0 Å². The van der Waals surface area contributed by atoms with Crippen LogP contribution in [0.2, 0.25) is 0 Å². The third-order valence-corrected chi connectivity index (χ3v) is 6.34. The summed E-state index contributed by atoms with van der Waals surface area (Å²) in [7, 11) is 0. The minimum Gasteiger partial charge on any atom is -0.205 e. The minimum absolute atomic E-state index is 0.246. The Kier molecular flexibility index (Phi) is 5.54. The molecule has 1 nitrogen and oxygen atoms in total. The van der Waals surface area contributed by atoms with Gasteiger partial charge in [0.05, 0.1) is 0 Å². The second-order valence-corrected chi connectivity index (χ2v) is 7.82. The molecule has 1 aromatic rings. The molecular weight excluding hydrogens is 304 g/mol. The summed E-state index contributed by atoms with van der Waals surface area (Å²) < 4.78 is 27.8. The Balaban J connectivity index is 1.65. The minimum atomic E-state index is -0.710. The molecule has 2 aliphatic carbocycles. The van der Waals surface area contributed by atoms with Crippen LogP contribution in [0.5, 0.6) is 0 Å². The molecule has 2 fully saturated rings. The number of unbranched alkanes of at least 4 members (excludes halogenated alkanes) is 1. The van der Waals surface area contributed by atoms with Gasteiger partial charge in [-0.05, 0) is 73.5 Å². The summed E-state index contributed by atoms with van der Waals surface area (Å²) in [6, 6.07) is 4.39. The van der Waals surface area contributed by atoms with Crippen molar-refractivity contribution < 1.29 is 8.78 Å². The molecular formula is C21H27F2N. The summed E-state index contributed by atoms with van der Waals surface area (Å²) in [5.74, 6) is 1.24. The Morgan fingerprint density at radius 2 is 1.71 bits per heavy atom. The molecule has 3 rings (SSSR count). The Morgan fingerprint density at radius 1 is 1.04 bits per heavy atom. The van der Waals surface area contributed by atoms with Crippen LogP contribution in [-0.4, -0.2) is 0 Å². The Morgan fingerprint density at radius 3 is 2.38 bits per heavy atom. The van der Waals surface area contributed by atoms with Crippen LogP contribution in [-0.2, 0) is 0 Å². The van der Waals surface area contributed by atoms with E-state index in [0.29, 0.717) is 5.92 Å². The first-order chi connectivity index (χ1) is 11.6. The van der Waals surface area contributed by atoms with E-state index in [-0.39, 0.29) is 5.92 Å². The summed E-state index contributed by atoms with van der Waals surface area (Å²) in [5.41, 5.74) is 0.291. The van der Waals surface area contributed by atoms with Crippen LogP contribution < -0.4 is 0 Å². The van der Waals surface area contributed by atoms with Gasteiger partial charge in [-0.25, -0.2) is 8.78 Å². The number of benzene rings is 1. The van der Waals surface area contributed by atoms with Gasteiger partial charge in [-0.2, -0.15) is 5.26 Å². The van der Waals surface area contributed by atoms with Crippen molar-refractivity contribution in [2.24, 2.45) is 17.8 Å². The largest absolute Gasteiger partial charge is 0.205 e. The number of rotatable bonds is 4. The average Bonchev–Trinajstić information content (AvgIpc) is 2.59. The van der Waals surface area contributed by atoms with Crippen molar-refractivity contribution in [1.29, 1.82) is 5.26 Å². The molecule has 0 bridgehead atoms. The fourth-order valence-electron chi connectivity index (χ4n) is 4.98. The second kappa shape index (κ2) is 7.64. The van der Waals surface area contributed by atoms with Crippen molar-refractivity contribution in [3.63, 3.8) is 0 Å². The number of nitrogens with zero attached hydrogens (tertiary/aromatic N) is 1. The van der Waals surface area contributed by atoms with Crippen LogP contribution in [0.15, 0.2) is 12.1 Å². The van der Waals surface area contributed by atoms with E-state index in [1.165, 1.54) is 57.1 Å². The Bertz CT molecular complexity index is 596. The van der Waals surface area contributed by atoms with Gasteiger partial charge < -0.3 is 0 Å². The van der Waals surface area contributed by atoms with Crippen molar-refractivity contribution in [3.8, 4) is 6.07 Å². The van der Waals surface area contributed by atoms with Crippen molar-refractivity contribution in [1.82, 2.24) is 0 Å². The molecule has 0 N–H and O–H groups in total. The molecule has 24 heavy (non-hydrogen) atoms. The zero-order valence-electron chi connectivity index (χ0n) is 14.5. The van der Waals surface area contributed by atoms with E-state index in [9.17, 15) is 8.78 Å². The number of halogens is 2. The highest BCUT2D eigenvalue weighted by molar-refractivity contribution is 5.36. The van der Waals surface area contributed by atoms with E-state index in [4.69, 9.17) is 5.26 Å². The lowest BCUT2D eigenvalue weighted by Crippen LogP contribution is -2.30. The summed E-state index contributed by atoms with van der Waals surface area (Å²) in [6.07, 6.45) is 11.2. The number of fused-ring (bicyclic) bond motifs is 1. The van der Waals surface area contributed by atoms with E-state index in [2.05, 4.69) is 6.92 Å². The lowest BCUT2D eigenvalue weighted by Gasteiger charge is -2.42. The maximum absolute atomic E-state index is 13.9. The monoisotopic (exact) mass is 331 g/mol. The first kappa shape index (κ1) is 17.4. The fourth-order valence-corrected chi connectivity index (χ4v) is 4.98. The molecule has 4 unspecified atom stereocenters. The molecule has 0 amide bonds. The maximum Gasteiger partial charge on any atom is 0.144 e. The van der Waals surface area contributed by atoms with Crippen molar-refractivity contribution >= 4 is 0 Å². The molecule has 0 aromatic heterocycles. The van der Waals surface area contributed by atoms with Crippen LogP contribution in [0.4, 0.5) is 8.78 Å². The van der Waals surface area contributed by atoms with Gasteiger partial charge in [0.1, 0.15) is 23.3 Å². The molecule has 0 heterocycles. The van der Waals surface area contributed by atoms with Gasteiger partial charge in [0.2, 0.25) is 0 Å². The highest BCUT2D eigenvalue weighted by Crippen LogP contribution is 2.48. The van der Waals surface area contributed by atoms with Crippen LogP contribution in [0.25, 0.3) is 0 Å². The molecule has 0 radical (unpaired) electrons. The standard InChI is InChI=1S/C21H27F2N/c1-2-3-4-14-5-6-16-10-17(8-7-15(16)9-14)18-11-20(22)19(13-24)21(23)12-18/h11-12,14-17H,2-10H2,1H3. The van der Waals surface area contributed by atoms with Crippen molar-refractivity contribution in [2.45, 2.75) is 70.6 Å². The molecule has 3 heteroatoms. The Labute approximate surface area is 144 Å². The van der Waals surface area contributed by atoms with Gasteiger partial charge in [-0.15, -0.1) is 0 Å². The first-order valence-corrected chi connectivity index (χ1v) is 9.51. The molecule has 2 aliphatic rings. The fraction of sp³-hybridized carbons (Fsp3) is 0.667. The normalized spacial score (nSPS) is 29.8. The van der Waals surface area contributed by atoms with Crippen LogP contribution in [0.1, 0.15) is 81.8 Å². The zero-order valence-corrected chi connectivity index (χ0v) is 14.5. The van der Waals surface area contributed by atoms with Gasteiger partial charge in [-0.1, -0.05) is 32.6 Å². The number of hydrogen-bond acceptors (Lipinski definition) is 1. The van der Waals surface area contributed by atoms with Gasteiger partial charge in [0.25, 0.3) is 0 Å². The summed E-state index contributed by atoms with van der Waals surface area (Å²) >= 11 is 0. The smallest absolute Gasteiger partial charge is 0.144 e. The summed E-state index contributed by atoms with van der Waals surface area (Å²) in [4.78, 5) is 0. The van der Waals surface area contributed by atoms with Gasteiger partial charge in [0, 0.05) is 0 Å². The van der Waals surface area contributed by atoms with Gasteiger partial charge >= 0.3 is 0 Å². The average molecular weight is 331 g/mol. The molecule has 4 atom stereocenters. The zero-order chi connectivity index (χ0) is 17.1. The third-order valence-electron chi connectivity index (χ3n) is 6.34. The predicted octanol–water partition coefficient (Wildman–Crippen LogP) is 6.33. The highest BCUT2D eigenvalue weighted by Gasteiger charge is 2.36. The van der Waals surface area contributed by atoms with E-state index >= 15 is 0 Å². The topological polar surface area (TPSA) is 23.8 Å². The summed E-state index contributed by atoms with van der Waals surface area (Å²) in [5, 5.41) is 8.81. The number of hydrogen-bond donors (Lipinski definition) is 0. The summed E-state index contributed by atoms with van der Waals surface area (Å²) in [6.45, 7) is 2.26. The maximum atomic E-state index is 13.9. The van der Waals surface area contributed by atoms with Crippen LogP contribution in [0, 0.1) is 40.7 Å². The quantitative estimate of drug-likeness (QED) is 0.632. The van der Waals surface area contributed by atoms with E-state index in [0.717, 1.165) is 30.2 Å². The SMILES string of the molecule is CCCCC1CCC2CC(c3cc(F)c(C#N)c(F)c3)CCC2C1. The molecule has 2 saturated carbocycles. The number of nitriles is 1.